The first-order valence-electron chi connectivity index (χ1n) is 11.8. The normalized spacial score (nSPS) is 19.7. The molecular formula is C24H28N6O4S. The number of furan rings is 1. The van der Waals surface area contributed by atoms with Crippen molar-refractivity contribution in [3.05, 3.63) is 58.0 Å². The van der Waals surface area contributed by atoms with Crippen molar-refractivity contribution in [3.63, 3.8) is 0 Å². The maximum absolute atomic E-state index is 13.1. The summed E-state index contributed by atoms with van der Waals surface area (Å²) in [6.07, 6.45) is 3.45. The molecule has 3 aromatic rings. The van der Waals surface area contributed by atoms with E-state index in [0.717, 1.165) is 36.0 Å². The van der Waals surface area contributed by atoms with Crippen molar-refractivity contribution in [1.29, 1.82) is 0 Å². The van der Waals surface area contributed by atoms with Gasteiger partial charge in [-0.2, -0.15) is 0 Å². The van der Waals surface area contributed by atoms with E-state index in [1.165, 1.54) is 24.2 Å². The Morgan fingerprint density at radius 3 is 2.74 bits per heavy atom. The number of aromatic nitrogens is 3. The largest absolute Gasteiger partial charge is 0.467 e. The lowest BCUT2D eigenvalue weighted by Gasteiger charge is -2.35. The zero-order valence-corrected chi connectivity index (χ0v) is 20.6. The molecule has 0 aliphatic carbocycles. The number of carbonyl (C=O) groups excluding carboxylic acids is 1. The molecule has 0 bridgehead atoms. The number of carbonyl (C=O) groups is 1. The Kier molecular flexibility index (Phi) is 6.50. The Balaban J connectivity index is 1.34. The summed E-state index contributed by atoms with van der Waals surface area (Å²) in [5.41, 5.74) is 1.62. The van der Waals surface area contributed by atoms with E-state index in [2.05, 4.69) is 28.9 Å². The second-order valence-corrected chi connectivity index (χ2v) is 10.4. The molecule has 2 aliphatic rings. The highest BCUT2D eigenvalue weighted by Gasteiger charge is 2.29. The third kappa shape index (κ3) is 4.90. The van der Waals surface area contributed by atoms with Gasteiger partial charge in [-0.05, 0) is 48.4 Å². The minimum absolute atomic E-state index is 0.0485. The van der Waals surface area contributed by atoms with Crippen LogP contribution in [0.1, 0.15) is 31.6 Å². The molecule has 5 rings (SSSR count). The van der Waals surface area contributed by atoms with E-state index in [1.807, 2.05) is 16.7 Å². The second-order valence-electron chi connectivity index (χ2n) is 9.45. The van der Waals surface area contributed by atoms with Crippen molar-refractivity contribution in [2.75, 3.05) is 35.2 Å². The molecule has 1 fully saturated rings. The molecule has 2 unspecified atom stereocenters. The molecular weight excluding hydrogens is 468 g/mol. The number of nitro groups is 1. The summed E-state index contributed by atoms with van der Waals surface area (Å²) in [4.78, 5) is 27.8. The highest BCUT2D eigenvalue weighted by molar-refractivity contribution is 7.99. The van der Waals surface area contributed by atoms with Gasteiger partial charge < -0.3 is 14.2 Å². The lowest BCUT2D eigenvalue weighted by molar-refractivity contribution is -0.384. The van der Waals surface area contributed by atoms with Crippen LogP contribution in [0.4, 0.5) is 17.3 Å². The van der Waals surface area contributed by atoms with Crippen LogP contribution in [-0.2, 0) is 17.8 Å². The monoisotopic (exact) mass is 496 g/mol. The van der Waals surface area contributed by atoms with Crippen LogP contribution in [0.2, 0.25) is 0 Å². The van der Waals surface area contributed by atoms with Gasteiger partial charge >= 0.3 is 0 Å². The van der Waals surface area contributed by atoms with Crippen LogP contribution in [0.25, 0.3) is 0 Å². The number of non-ortho nitro benzene ring substituents is 1. The summed E-state index contributed by atoms with van der Waals surface area (Å²) < 4.78 is 7.62. The average molecular weight is 497 g/mol. The Labute approximate surface area is 207 Å². The van der Waals surface area contributed by atoms with Crippen LogP contribution in [0, 0.1) is 22.0 Å². The van der Waals surface area contributed by atoms with Crippen molar-refractivity contribution in [1.82, 2.24) is 14.8 Å². The van der Waals surface area contributed by atoms with E-state index < -0.39 is 4.92 Å². The van der Waals surface area contributed by atoms with Crippen LogP contribution in [0.5, 0.6) is 0 Å². The van der Waals surface area contributed by atoms with Crippen LogP contribution < -0.4 is 9.80 Å². The van der Waals surface area contributed by atoms with Gasteiger partial charge in [0.05, 0.1) is 23.5 Å². The van der Waals surface area contributed by atoms with Crippen molar-refractivity contribution < 1.29 is 14.1 Å². The smallest absolute Gasteiger partial charge is 0.269 e. The zero-order valence-electron chi connectivity index (χ0n) is 19.8. The molecule has 184 valence electrons. The number of amides is 1. The maximum atomic E-state index is 13.1. The van der Waals surface area contributed by atoms with Gasteiger partial charge in [-0.15, -0.1) is 10.2 Å². The first-order valence-corrected chi connectivity index (χ1v) is 12.8. The van der Waals surface area contributed by atoms with Gasteiger partial charge in [-0.25, -0.2) is 0 Å². The number of benzene rings is 1. The molecule has 4 heterocycles. The van der Waals surface area contributed by atoms with Gasteiger partial charge in [-0.1, -0.05) is 25.6 Å². The predicted molar refractivity (Wildman–Crippen MR) is 133 cm³/mol. The van der Waals surface area contributed by atoms with Crippen molar-refractivity contribution >= 4 is 35.0 Å². The van der Waals surface area contributed by atoms with E-state index in [1.54, 1.807) is 23.3 Å². The highest BCUT2D eigenvalue weighted by atomic mass is 32.2. The molecule has 2 aromatic heterocycles. The molecule has 11 heteroatoms. The first-order chi connectivity index (χ1) is 16.9. The van der Waals surface area contributed by atoms with Crippen molar-refractivity contribution in [3.8, 4) is 0 Å². The number of hydrogen-bond donors (Lipinski definition) is 0. The second kappa shape index (κ2) is 9.73. The van der Waals surface area contributed by atoms with Crippen molar-refractivity contribution in [2.45, 2.75) is 38.4 Å². The third-order valence-corrected chi connectivity index (χ3v) is 7.49. The van der Waals surface area contributed by atoms with Gasteiger partial charge in [0.15, 0.2) is 5.16 Å². The number of thioether (sulfide) groups is 1. The van der Waals surface area contributed by atoms with E-state index in [9.17, 15) is 14.9 Å². The molecule has 2 atom stereocenters. The topological polar surface area (TPSA) is 111 Å². The summed E-state index contributed by atoms with van der Waals surface area (Å²) in [5, 5.41) is 20.7. The fraction of sp³-hybridized carbons (Fsp3) is 0.458. The summed E-state index contributed by atoms with van der Waals surface area (Å²) in [5.74, 6) is 2.87. The van der Waals surface area contributed by atoms with E-state index in [-0.39, 0.29) is 17.3 Å². The summed E-state index contributed by atoms with van der Waals surface area (Å²) in [6.45, 7) is 7.35. The molecule has 0 radical (unpaired) electrons. The number of rotatable bonds is 7. The van der Waals surface area contributed by atoms with Gasteiger partial charge in [0.2, 0.25) is 11.9 Å². The molecule has 35 heavy (non-hydrogen) atoms. The molecule has 1 saturated heterocycles. The molecule has 1 aromatic carbocycles. The number of piperidine rings is 1. The fourth-order valence-corrected chi connectivity index (χ4v) is 5.92. The molecule has 0 spiro atoms. The SMILES string of the molecule is CC1CC(C)CN(c2nnc(SCC(=O)N3CCc4cc([N+](=O)[O-])ccc43)n2Cc2ccco2)C1. The summed E-state index contributed by atoms with van der Waals surface area (Å²) in [7, 11) is 0. The number of anilines is 2. The molecule has 2 aliphatic heterocycles. The fourth-order valence-electron chi connectivity index (χ4n) is 5.11. The van der Waals surface area contributed by atoms with Crippen LogP contribution >= 0.6 is 11.8 Å². The maximum Gasteiger partial charge on any atom is 0.269 e. The molecule has 0 saturated carbocycles. The van der Waals surface area contributed by atoms with Gasteiger partial charge in [0.1, 0.15) is 5.76 Å². The lowest BCUT2D eigenvalue weighted by Crippen LogP contribution is -2.40. The van der Waals surface area contributed by atoms with E-state index in [4.69, 9.17) is 4.42 Å². The van der Waals surface area contributed by atoms with E-state index in [0.29, 0.717) is 36.5 Å². The lowest BCUT2D eigenvalue weighted by atomic mass is 9.92. The van der Waals surface area contributed by atoms with E-state index >= 15 is 0 Å². The molecule has 0 N–H and O–H groups in total. The van der Waals surface area contributed by atoms with Gasteiger partial charge in [0, 0.05) is 37.5 Å². The van der Waals surface area contributed by atoms with Crippen LogP contribution in [0.3, 0.4) is 0 Å². The van der Waals surface area contributed by atoms with Gasteiger partial charge in [0.25, 0.3) is 5.69 Å². The summed E-state index contributed by atoms with van der Waals surface area (Å²) >= 11 is 1.35. The predicted octanol–water partition coefficient (Wildman–Crippen LogP) is 3.99. The Morgan fingerprint density at radius 1 is 1.23 bits per heavy atom. The van der Waals surface area contributed by atoms with Crippen molar-refractivity contribution in [2.24, 2.45) is 11.8 Å². The highest BCUT2D eigenvalue weighted by Crippen LogP contribution is 2.33. The number of nitrogens with zero attached hydrogens (tertiary/aromatic N) is 6. The zero-order chi connectivity index (χ0) is 24.5. The molecule has 10 nitrogen and oxygen atoms in total. The minimum Gasteiger partial charge on any atom is -0.467 e. The van der Waals surface area contributed by atoms with Crippen LogP contribution in [0.15, 0.2) is 46.2 Å². The number of nitro benzene ring substituents is 1. The Morgan fingerprint density at radius 2 is 2.03 bits per heavy atom. The standard InChI is InChI=1S/C24H28N6O4S/c1-16-10-17(2)13-27(12-16)23-25-26-24(29(23)14-20-4-3-9-34-20)35-15-22(31)28-8-7-18-11-19(30(32)33)5-6-21(18)28/h3-6,9,11,16-17H,7-8,10,12-15H2,1-2H3. The Hall–Kier alpha value is -3.34. The average Bonchev–Trinajstić information content (AvgIpc) is 3.57. The van der Waals surface area contributed by atoms with Crippen LogP contribution in [-0.4, -0.2) is 51.0 Å². The minimum atomic E-state index is -0.409. The quantitative estimate of drug-likeness (QED) is 0.274. The first kappa shape index (κ1) is 23.4. The van der Waals surface area contributed by atoms with Gasteiger partial charge in [-0.3, -0.25) is 19.5 Å². The number of hydrogen-bond acceptors (Lipinski definition) is 8. The molecule has 1 amide bonds. The summed E-state index contributed by atoms with van der Waals surface area (Å²) in [6, 6.07) is 8.45. The number of fused-ring (bicyclic) bond motifs is 1. The Bertz CT molecular complexity index is 1220. The third-order valence-electron chi connectivity index (χ3n) is 6.54.